The average molecular weight is 202 g/mol. The SMILES string of the molecule is CC(O)c1ccc(OCC(F)F)cc1. The van der Waals surface area contributed by atoms with Crippen LogP contribution in [0.1, 0.15) is 18.6 Å². The van der Waals surface area contributed by atoms with Crippen molar-refractivity contribution in [3.05, 3.63) is 29.8 Å². The molecule has 1 N–H and O–H groups in total. The first-order valence-corrected chi connectivity index (χ1v) is 4.28. The molecule has 1 aromatic rings. The highest BCUT2D eigenvalue weighted by atomic mass is 19.3. The van der Waals surface area contributed by atoms with Crippen molar-refractivity contribution in [3.8, 4) is 5.75 Å². The molecule has 4 heteroatoms. The van der Waals surface area contributed by atoms with Gasteiger partial charge in [0.05, 0.1) is 6.10 Å². The Hall–Kier alpha value is -1.16. The van der Waals surface area contributed by atoms with Crippen molar-refractivity contribution in [2.24, 2.45) is 0 Å². The summed E-state index contributed by atoms with van der Waals surface area (Å²) >= 11 is 0. The molecule has 0 aliphatic carbocycles. The molecule has 1 unspecified atom stereocenters. The molecule has 1 rings (SSSR count). The first-order chi connectivity index (χ1) is 6.59. The number of rotatable bonds is 4. The number of ether oxygens (including phenoxy) is 1. The number of aliphatic hydroxyl groups is 1. The zero-order valence-corrected chi connectivity index (χ0v) is 7.78. The lowest BCUT2D eigenvalue weighted by atomic mass is 10.1. The van der Waals surface area contributed by atoms with Gasteiger partial charge >= 0.3 is 0 Å². The lowest BCUT2D eigenvalue weighted by molar-refractivity contribution is 0.0818. The Morgan fingerprint density at radius 1 is 1.29 bits per heavy atom. The van der Waals surface area contributed by atoms with Crippen molar-refractivity contribution in [2.45, 2.75) is 19.5 Å². The van der Waals surface area contributed by atoms with Crippen LogP contribution in [0.3, 0.4) is 0 Å². The Kier molecular flexibility index (Phi) is 3.83. The zero-order valence-electron chi connectivity index (χ0n) is 7.78. The molecule has 0 saturated heterocycles. The van der Waals surface area contributed by atoms with E-state index in [1.54, 1.807) is 31.2 Å². The van der Waals surface area contributed by atoms with Gasteiger partial charge in [0.15, 0.2) is 0 Å². The maximum atomic E-state index is 11.8. The number of alkyl halides is 2. The van der Waals surface area contributed by atoms with E-state index in [9.17, 15) is 13.9 Å². The van der Waals surface area contributed by atoms with Gasteiger partial charge in [-0.25, -0.2) is 8.78 Å². The normalized spacial score (nSPS) is 12.9. The Bertz CT molecular complexity index is 270. The van der Waals surface area contributed by atoms with Crippen LogP contribution in [0.4, 0.5) is 8.78 Å². The summed E-state index contributed by atoms with van der Waals surface area (Å²) in [6.07, 6.45) is -3.02. The number of aliphatic hydroxyl groups excluding tert-OH is 1. The Labute approximate surface area is 81.1 Å². The second-order valence-corrected chi connectivity index (χ2v) is 2.95. The van der Waals surface area contributed by atoms with Crippen molar-refractivity contribution in [1.29, 1.82) is 0 Å². The molecular formula is C10H12F2O2. The van der Waals surface area contributed by atoms with Crippen LogP contribution in [0.5, 0.6) is 5.75 Å². The van der Waals surface area contributed by atoms with Crippen LogP contribution in [0.15, 0.2) is 24.3 Å². The van der Waals surface area contributed by atoms with Gasteiger partial charge in [-0.3, -0.25) is 0 Å². The number of hydrogen-bond donors (Lipinski definition) is 1. The van der Waals surface area contributed by atoms with Crippen molar-refractivity contribution in [1.82, 2.24) is 0 Å². The van der Waals surface area contributed by atoms with E-state index in [-0.39, 0.29) is 0 Å². The highest BCUT2D eigenvalue weighted by Gasteiger charge is 2.04. The Morgan fingerprint density at radius 3 is 2.29 bits per heavy atom. The van der Waals surface area contributed by atoms with E-state index < -0.39 is 19.1 Å². The maximum Gasteiger partial charge on any atom is 0.272 e. The van der Waals surface area contributed by atoms with E-state index in [4.69, 9.17) is 4.74 Å². The van der Waals surface area contributed by atoms with E-state index in [0.29, 0.717) is 5.75 Å². The summed E-state index contributed by atoms with van der Waals surface area (Å²) in [7, 11) is 0. The molecule has 2 nitrogen and oxygen atoms in total. The average Bonchev–Trinajstić information content (AvgIpc) is 2.15. The van der Waals surface area contributed by atoms with E-state index in [2.05, 4.69) is 0 Å². The van der Waals surface area contributed by atoms with E-state index in [0.717, 1.165) is 5.56 Å². The number of benzene rings is 1. The molecule has 0 amide bonds. The molecule has 0 radical (unpaired) electrons. The summed E-state index contributed by atoms with van der Waals surface area (Å²) in [5.74, 6) is 0.384. The minimum atomic E-state index is -2.47. The number of halogens is 2. The fourth-order valence-corrected chi connectivity index (χ4v) is 1.00. The van der Waals surface area contributed by atoms with Gasteiger partial charge in [0.1, 0.15) is 12.4 Å². The summed E-state index contributed by atoms with van der Waals surface area (Å²) in [6, 6.07) is 6.41. The Morgan fingerprint density at radius 2 is 1.86 bits per heavy atom. The molecular weight excluding hydrogens is 190 g/mol. The van der Waals surface area contributed by atoms with Crippen LogP contribution < -0.4 is 4.74 Å². The van der Waals surface area contributed by atoms with Gasteiger partial charge < -0.3 is 9.84 Å². The summed E-state index contributed by atoms with van der Waals surface area (Å²) in [6.45, 7) is 1.03. The highest BCUT2D eigenvalue weighted by molar-refractivity contribution is 5.28. The minimum absolute atomic E-state index is 0.384. The lowest BCUT2D eigenvalue weighted by Crippen LogP contribution is -2.06. The van der Waals surface area contributed by atoms with E-state index in [1.165, 1.54) is 0 Å². The highest BCUT2D eigenvalue weighted by Crippen LogP contribution is 2.17. The van der Waals surface area contributed by atoms with Crippen LogP contribution in [0.2, 0.25) is 0 Å². The van der Waals surface area contributed by atoms with Gasteiger partial charge in [0.25, 0.3) is 6.43 Å². The molecule has 0 aliphatic rings. The smallest absolute Gasteiger partial charge is 0.272 e. The van der Waals surface area contributed by atoms with Gasteiger partial charge in [-0.1, -0.05) is 12.1 Å². The molecule has 1 atom stereocenters. The Balaban J connectivity index is 2.55. The molecule has 0 heterocycles. The van der Waals surface area contributed by atoms with Gasteiger partial charge in [0, 0.05) is 0 Å². The van der Waals surface area contributed by atoms with Crippen LogP contribution in [-0.4, -0.2) is 18.1 Å². The van der Waals surface area contributed by atoms with Crippen molar-refractivity contribution < 1.29 is 18.6 Å². The topological polar surface area (TPSA) is 29.5 Å². The molecule has 0 saturated carbocycles. The van der Waals surface area contributed by atoms with Crippen molar-refractivity contribution in [3.63, 3.8) is 0 Å². The van der Waals surface area contributed by atoms with Crippen LogP contribution in [-0.2, 0) is 0 Å². The monoisotopic (exact) mass is 202 g/mol. The molecule has 1 aromatic carbocycles. The molecule has 0 fully saturated rings. The molecule has 14 heavy (non-hydrogen) atoms. The largest absolute Gasteiger partial charge is 0.488 e. The summed E-state index contributed by atoms with van der Waals surface area (Å²) in [4.78, 5) is 0. The van der Waals surface area contributed by atoms with Crippen LogP contribution in [0.25, 0.3) is 0 Å². The second kappa shape index (κ2) is 4.91. The third kappa shape index (κ3) is 3.30. The first-order valence-electron chi connectivity index (χ1n) is 4.28. The first kappa shape index (κ1) is 10.9. The van der Waals surface area contributed by atoms with Gasteiger partial charge in [-0.2, -0.15) is 0 Å². The molecule has 0 aliphatic heterocycles. The summed E-state index contributed by atoms with van der Waals surface area (Å²) in [5.41, 5.74) is 0.731. The zero-order chi connectivity index (χ0) is 10.6. The minimum Gasteiger partial charge on any atom is -0.488 e. The van der Waals surface area contributed by atoms with Gasteiger partial charge in [-0.15, -0.1) is 0 Å². The van der Waals surface area contributed by atoms with E-state index in [1.807, 2.05) is 0 Å². The third-order valence-corrected chi connectivity index (χ3v) is 1.74. The molecule has 78 valence electrons. The fourth-order valence-electron chi connectivity index (χ4n) is 1.00. The standard InChI is InChI=1S/C10H12F2O2/c1-7(13)8-2-4-9(5-3-8)14-6-10(11)12/h2-5,7,10,13H,6H2,1H3. The molecule has 0 aromatic heterocycles. The lowest BCUT2D eigenvalue weighted by Gasteiger charge is -2.07. The summed E-state index contributed by atoms with van der Waals surface area (Å²) in [5, 5.41) is 9.17. The maximum absolute atomic E-state index is 11.8. The third-order valence-electron chi connectivity index (χ3n) is 1.74. The van der Waals surface area contributed by atoms with E-state index >= 15 is 0 Å². The van der Waals surface area contributed by atoms with Crippen LogP contribution >= 0.6 is 0 Å². The predicted octanol–water partition coefficient (Wildman–Crippen LogP) is 2.38. The fraction of sp³-hybridized carbons (Fsp3) is 0.400. The van der Waals surface area contributed by atoms with Gasteiger partial charge in [-0.05, 0) is 24.6 Å². The molecule has 0 bridgehead atoms. The number of hydrogen-bond acceptors (Lipinski definition) is 2. The summed E-state index contributed by atoms with van der Waals surface area (Å²) < 4.78 is 28.3. The predicted molar refractivity (Wildman–Crippen MR) is 48.6 cm³/mol. The second-order valence-electron chi connectivity index (χ2n) is 2.95. The van der Waals surface area contributed by atoms with Gasteiger partial charge in [0.2, 0.25) is 0 Å². The van der Waals surface area contributed by atoms with Crippen molar-refractivity contribution in [2.75, 3.05) is 6.61 Å². The molecule has 0 spiro atoms. The van der Waals surface area contributed by atoms with Crippen LogP contribution in [0, 0.1) is 0 Å². The van der Waals surface area contributed by atoms with Crippen molar-refractivity contribution >= 4 is 0 Å². The quantitative estimate of drug-likeness (QED) is 0.812.